The fourth-order valence-corrected chi connectivity index (χ4v) is 3.41. The minimum Gasteiger partial charge on any atom is -0.493 e. The topological polar surface area (TPSA) is 59.0 Å². The molecule has 1 fully saturated rings. The summed E-state index contributed by atoms with van der Waals surface area (Å²) >= 11 is 0. The largest absolute Gasteiger partial charge is 0.493 e. The molecule has 0 aliphatic carbocycles. The van der Waals surface area contributed by atoms with Gasteiger partial charge in [-0.1, -0.05) is 25.1 Å². The van der Waals surface area contributed by atoms with Gasteiger partial charge in [-0.15, -0.1) is 0 Å². The van der Waals surface area contributed by atoms with Crippen LogP contribution >= 0.6 is 0 Å². The van der Waals surface area contributed by atoms with E-state index in [0.29, 0.717) is 31.9 Å². The maximum atomic E-state index is 12.8. The maximum Gasteiger partial charge on any atom is 0.254 e. The molecule has 5 heteroatoms. The number of carbonyl (C=O) groups is 1. The first-order valence-electron chi connectivity index (χ1n) is 9.84. The van der Waals surface area contributed by atoms with Crippen molar-refractivity contribution in [3.8, 4) is 16.9 Å². The number of nitrogens with zero attached hydrogens (tertiary/aromatic N) is 1. The third-order valence-electron chi connectivity index (χ3n) is 4.87. The Morgan fingerprint density at radius 3 is 2.54 bits per heavy atom. The zero-order valence-electron chi connectivity index (χ0n) is 16.9. The Kier molecular flexibility index (Phi) is 6.37. The van der Waals surface area contributed by atoms with Gasteiger partial charge in [0, 0.05) is 24.2 Å². The summed E-state index contributed by atoms with van der Waals surface area (Å²) in [5, 5.41) is 9.65. The SMILES string of the molecule is CCCOc1ccc(-c2ccc(C(=O)N3CCOC(C)(C)C3)cc2)cc1CO. The van der Waals surface area contributed by atoms with E-state index in [2.05, 4.69) is 0 Å². The van der Waals surface area contributed by atoms with Gasteiger partial charge < -0.3 is 19.5 Å². The van der Waals surface area contributed by atoms with Gasteiger partial charge in [0.05, 0.1) is 25.4 Å². The quantitative estimate of drug-likeness (QED) is 0.822. The number of morpholine rings is 1. The zero-order valence-corrected chi connectivity index (χ0v) is 16.9. The van der Waals surface area contributed by atoms with Crippen molar-refractivity contribution in [1.29, 1.82) is 0 Å². The number of rotatable bonds is 6. The lowest BCUT2D eigenvalue weighted by atomic mass is 10.0. The number of hydrogen-bond acceptors (Lipinski definition) is 4. The summed E-state index contributed by atoms with van der Waals surface area (Å²) in [6, 6.07) is 13.4. The number of amides is 1. The Balaban J connectivity index is 1.76. The van der Waals surface area contributed by atoms with Crippen molar-refractivity contribution in [3.05, 3.63) is 53.6 Å². The molecule has 0 radical (unpaired) electrons. The number of carbonyl (C=O) groups excluding carboxylic acids is 1. The molecule has 2 aromatic carbocycles. The van der Waals surface area contributed by atoms with Crippen molar-refractivity contribution in [2.24, 2.45) is 0 Å². The van der Waals surface area contributed by atoms with Crippen LogP contribution in [0.4, 0.5) is 0 Å². The average molecular weight is 383 g/mol. The van der Waals surface area contributed by atoms with Gasteiger partial charge in [-0.25, -0.2) is 0 Å². The number of aliphatic hydroxyl groups excluding tert-OH is 1. The fourth-order valence-electron chi connectivity index (χ4n) is 3.41. The van der Waals surface area contributed by atoms with Gasteiger partial charge in [-0.05, 0) is 55.7 Å². The molecule has 0 atom stereocenters. The van der Waals surface area contributed by atoms with E-state index in [1.807, 2.05) is 68.1 Å². The lowest BCUT2D eigenvalue weighted by Crippen LogP contribution is -2.50. The number of benzene rings is 2. The molecular weight excluding hydrogens is 354 g/mol. The van der Waals surface area contributed by atoms with E-state index in [0.717, 1.165) is 28.9 Å². The highest BCUT2D eigenvalue weighted by Crippen LogP contribution is 2.28. The van der Waals surface area contributed by atoms with E-state index < -0.39 is 0 Å². The van der Waals surface area contributed by atoms with Gasteiger partial charge in [0.2, 0.25) is 0 Å². The molecule has 2 aromatic rings. The van der Waals surface area contributed by atoms with Crippen LogP contribution in [-0.2, 0) is 11.3 Å². The van der Waals surface area contributed by atoms with E-state index in [1.54, 1.807) is 0 Å². The van der Waals surface area contributed by atoms with Crippen LogP contribution in [0.25, 0.3) is 11.1 Å². The molecule has 0 aromatic heterocycles. The van der Waals surface area contributed by atoms with Crippen molar-refractivity contribution < 1.29 is 19.4 Å². The molecule has 1 amide bonds. The predicted octanol–water partition coefficient (Wildman–Crippen LogP) is 3.89. The molecule has 0 spiro atoms. The summed E-state index contributed by atoms with van der Waals surface area (Å²) in [5.74, 6) is 0.747. The van der Waals surface area contributed by atoms with Crippen LogP contribution in [-0.4, -0.2) is 47.8 Å². The molecule has 0 unspecified atom stereocenters. The van der Waals surface area contributed by atoms with Gasteiger partial charge >= 0.3 is 0 Å². The molecule has 1 aliphatic rings. The zero-order chi connectivity index (χ0) is 20.1. The molecular formula is C23H29NO4. The van der Waals surface area contributed by atoms with Gasteiger partial charge in [-0.2, -0.15) is 0 Å². The lowest BCUT2D eigenvalue weighted by Gasteiger charge is -2.38. The second-order valence-electron chi connectivity index (χ2n) is 7.74. The molecule has 1 aliphatic heterocycles. The molecule has 0 bridgehead atoms. The third kappa shape index (κ3) is 4.72. The maximum absolute atomic E-state index is 12.8. The van der Waals surface area contributed by atoms with Gasteiger partial charge in [0.25, 0.3) is 5.91 Å². The van der Waals surface area contributed by atoms with Gasteiger partial charge in [0.1, 0.15) is 5.75 Å². The summed E-state index contributed by atoms with van der Waals surface area (Å²) in [6.07, 6.45) is 0.919. The van der Waals surface area contributed by atoms with E-state index in [9.17, 15) is 9.90 Å². The summed E-state index contributed by atoms with van der Waals surface area (Å²) in [4.78, 5) is 14.7. The molecule has 28 heavy (non-hydrogen) atoms. The highest BCUT2D eigenvalue weighted by atomic mass is 16.5. The van der Waals surface area contributed by atoms with E-state index in [4.69, 9.17) is 9.47 Å². The molecule has 1 N–H and O–H groups in total. The Morgan fingerprint density at radius 1 is 1.18 bits per heavy atom. The van der Waals surface area contributed by atoms with Crippen molar-refractivity contribution in [2.75, 3.05) is 26.3 Å². The van der Waals surface area contributed by atoms with Crippen molar-refractivity contribution in [1.82, 2.24) is 4.90 Å². The van der Waals surface area contributed by atoms with Crippen molar-refractivity contribution in [2.45, 2.75) is 39.4 Å². The van der Waals surface area contributed by atoms with Crippen molar-refractivity contribution >= 4 is 5.91 Å². The van der Waals surface area contributed by atoms with Crippen LogP contribution in [0, 0.1) is 0 Å². The van der Waals surface area contributed by atoms with Crippen LogP contribution in [0.1, 0.15) is 43.1 Å². The predicted molar refractivity (Wildman–Crippen MR) is 110 cm³/mol. The Morgan fingerprint density at radius 2 is 1.89 bits per heavy atom. The van der Waals surface area contributed by atoms with Crippen LogP contribution < -0.4 is 4.74 Å². The normalized spacial score (nSPS) is 16.1. The molecule has 1 heterocycles. The molecule has 1 saturated heterocycles. The average Bonchev–Trinajstić information content (AvgIpc) is 2.71. The van der Waals surface area contributed by atoms with Crippen LogP contribution in [0.5, 0.6) is 5.75 Å². The fraction of sp³-hybridized carbons (Fsp3) is 0.435. The highest BCUT2D eigenvalue weighted by Gasteiger charge is 2.30. The van der Waals surface area contributed by atoms with Crippen LogP contribution in [0.2, 0.25) is 0 Å². The first-order valence-corrected chi connectivity index (χ1v) is 9.84. The molecule has 0 saturated carbocycles. The van der Waals surface area contributed by atoms with Gasteiger partial charge in [-0.3, -0.25) is 4.79 Å². The minimum atomic E-state index is -0.309. The second kappa shape index (κ2) is 8.76. The Bertz CT molecular complexity index is 814. The summed E-state index contributed by atoms with van der Waals surface area (Å²) in [6.45, 7) is 8.37. The van der Waals surface area contributed by atoms with Crippen LogP contribution in [0.15, 0.2) is 42.5 Å². The van der Waals surface area contributed by atoms with E-state index in [-0.39, 0.29) is 18.1 Å². The smallest absolute Gasteiger partial charge is 0.254 e. The molecule has 3 rings (SSSR count). The van der Waals surface area contributed by atoms with E-state index >= 15 is 0 Å². The molecule has 150 valence electrons. The number of hydrogen-bond donors (Lipinski definition) is 1. The number of aliphatic hydroxyl groups is 1. The first kappa shape index (κ1) is 20.4. The van der Waals surface area contributed by atoms with Gasteiger partial charge in [0.15, 0.2) is 0 Å². The summed E-state index contributed by atoms with van der Waals surface area (Å²) < 4.78 is 11.4. The lowest BCUT2D eigenvalue weighted by molar-refractivity contribution is -0.0764. The summed E-state index contributed by atoms with van der Waals surface area (Å²) in [7, 11) is 0. The standard InChI is InChI=1S/C23H29NO4/c1-4-12-27-21-10-9-19(14-20(21)15-25)17-5-7-18(8-6-17)22(26)24-11-13-28-23(2,3)16-24/h5-10,14,25H,4,11-13,15-16H2,1-3H3. The number of ether oxygens (including phenoxy) is 2. The first-order chi connectivity index (χ1) is 13.4. The van der Waals surface area contributed by atoms with E-state index in [1.165, 1.54) is 0 Å². The highest BCUT2D eigenvalue weighted by molar-refractivity contribution is 5.94. The minimum absolute atomic E-state index is 0.0299. The Hall–Kier alpha value is -2.37. The molecule has 5 nitrogen and oxygen atoms in total. The summed E-state index contributed by atoms with van der Waals surface area (Å²) in [5.41, 5.74) is 3.11. The Labute approximate surface area is 166 Å². The monoisotopic (exact) mass is 383 g/mol. The third-order valence-corrected chi connectivity index (χ3v) is 4.87. The second-order valence-corrected chi connectivity index (χ2v) is 7.74. The van der Waals surface area contributed by atoms with Crippen LogP contribution in [0.3, 0.4) is 0 Å². The van der Waals surface area contributed by atoms with Crippen molar-refractivity contribution in [3.63, 3.8) is 0 Å².